The molecule has 18 aromatic carbocycles. The quantitative estimate of drug-likeness (QED) is 0.136. The van der Waals surface area contributed by atoms with Crippen molar-refractivity contribution < 1.29 is 18.3 Å². The van der Waals surface area contributed by atoms with Crippen LogP contribution in [-0.4, -0.2) is 29.9 Å². The fourth-order valence-corrected chi connectivity index (χ4v) is 21.6. The predicted octanol–water partition coefficient (Wildman–Crippen LogP) is 30.4. The van der Waals surface area contributed by atoms with E-state index in [2.05, 4.69) is 340 Å². The van der Waals surface area contributed by atoms with Crippen LogP contribution in [0.5, 0.6) is 23.0 Å². The van der Waals surface area contributed by atoms with Crippen LogP contribution in [0.2, 0.25) is 0 Å². The number of ether oxygens (including phenoxy) is 2. The first-order valence-electron chi connectivity index (χ1n) is 44.0. The van der Waals surface area contributed by atoms with E-state index in [0.717, 1.165) is 211 Å². The van der Waals surface area contributed by atoms with E-state index in [0.29, 0.717) is 11.6 Å². The molecule has 2 aliphatic heterocycles. The van der Waals surface area contributed by atoms with E-state index < -0.39 is 10.8 Å². The third-order valence-corrected chi connectivity index (χ3v) is 27.1. The number of para-hydroxylation sites is 5. The van der Waals surface area contributed by atoms with Crippen LogP contribution in [0.25, 0.3) is 200 Å². The zero-order valence-electron chi connectivity index (χ0n) is 69.7. The van der Waals surface area contributed by atoms with E-state index >= 15 is 0 Å². The Morgan fingerprint density at radius 3 is 1.03 bits per heavy atom. The number of nitrogens with zero attached hydrogens (tertiary/aromatic N) is 6. The molecule has 0 fully saturated rings. The fourth-order valence-electron chi connectivity index (χ4n) is 21.6. The van der Waals surface area contributed by atoms with Gasteiger partial charge in [-0.1, -0.05) is 364 Å². The second kappa shape index (κ2) is 28.6. The van der Waals surface area contributed by atoms with Crippen molar-refractivity contribution >= 4 is 87.2 Å². The van der Waals surface area contributed by atoms with Gasteiger partial charge in [-0.05, 0) is 105 Å². The number of aromatic nitrogens is 6. The first kappa shape index (κ1) is 73.1. The molecule has 6 aromatic heterocycles. The van der Waals surface area contributed by atoms with Crippen LogP contribution in [0.15, 0.2) is 433 Å². The number of rotatable bonds is 8. The van der Waals surface area contributed by atoms with E-state index in [1.165, 1.54) is 44.5 Å². The van der Waals surface area contributed by atoms with Gasteiger partial charge >= 0.3 is 0 Å². The molecule has 10 nitrogen and oxygen atoms in total. The van der Waals surface area contributed by atoms with Crippen LogP contribution in [-0.2, 0) is 10.8 Å². The topological polar surface area (TPSA) is 122 Å². The van der Waals surface area contributed by atoms with Crippen LogP contribution in [0, 0.1) is 0 Å². The summed E-state index contributed by atoms with van der Waals surface area (Å²) in [7, 11) is 0. The van der Waals surface area contributed by atoms with Crippen molar-refractivity contribution in [1.29, 1.82) is 0 Å². The Bertz CT molecular complexity index is 8800. The van der Waals surface area contributed by atoms with Gasteiger partial charge in [0.05, 0.1) is 56.0 Å². The molecular weight excluding hydrogens is 1590 g/mol. The molecule has 0 unspecified atom stereocenters. The molecule has 8 heterocycles. The Labute approximate surface area is 746 Å². The number of fused-ring (bicyclic) bond motifs is 32. The normalized spacial score (nSPS) is 13.2. The van der Waals surface area contributed by atoms with Gasteiger partial charge < -0.3 is 18.3 Å². The predicted molar refractivity (Wildman–Crippen MR) is 522 cm³/mol. The van der Waals surface area contributed by atoms with Gasteiger partial charge in [0.25, 0.3) is 0 Å². The highest BCUT2D eigenvalue weighted by atomic mass is 16.5. The van der Waals surface area contributed by atoms with Crippen LogP contribution in [0.4, 0.5) is 0 Å². The van der Waals surface area contributed by atoms with E-state index in [1.807, 2.05) is 84.9 Å². The molecule has 2 spiro atoms. The smallest absolute Gasteiger partial charge is 0.160 e. The van der Waals surface area contributed by atoms with E-state index in [4.69, 9.17) is 48.2 Å². The van der Waals surface area contributed by atoms with Gasteiger partial charge in [0, 0.05) is 121 Å². The molecule has 0 amide bonds. The molecule has 0 saturated heterocycles. The summed E-state index contributed by atoms with van der Waals surface area (Å²) < 4.78 is 27.4. The van der Waals surface area contributed by atoms with Gasteiger partial charge in [-0.2, -0.15) is 0 Å². The van der Waals surface area contributed by atoms with E-state index in [9.17, 15) is 0 Å². The Morgan fingerprint density at radius 2 is 0.546 bits per heavy atom. The zero-order valence-corrected chi connectivity index (χ0v) is 69.7. The minimum absolute atomic E-state index is 0.595. The molecule has 0 atom stereocenters. The van der Waals surface area contributed by atoms with Gasteiger partial charge in [-0.15, -0.1) is 0 Å². The molecular formula is C120H70N6O4. The van der Waals surface area contributed by atoms with Gasteiger partial charge in [-0.25, -0.2) is 29.9 Å². The third-order valence-electron chi connectivity index (χ3n) is 27.1. The van der Waals surface area contributed by atoms with Crippen molar-refractivity contribution in [2.24, 2.45) is 0 Å². The highest BCUT2D eigenvalue weighted by molar-refractivity contribution is 6.19. The average Bonchev–Trinajstić information content (AvgIpc) is 1.48. The maximum absolute atomic E-state index is 7.25. The average molecular weight is 1660 g/mol. The lowest BCUT2D eigenvalue weighted by molar-refractivity contribution is 0.442. The Hall–Kier alpha value is -17.3. The molecule has 0 radical (unpaired) electrons. The third kappa shape index (κ3) is 10.8. The van der Waals surface area contributed by atoms with Crippen molar-refractivity contribution in [3.63, 3.8) is 0 Å². The lowest BCUT2D eigenvalue weighted by atomic mass is 9.65. The van der Waals surface area contributed by atoms with Crippen molar-refractivity contribution in [2.45, 2.75) is 10.8 Å². The van der Waals surface area contributed by atoms with Crippen molar-refractivity contribution in [2.75, 3.05) is 0 Å². The molecule has 24 aromatic rings. The lowest BCUT2D eigenvalue weighted by Gasteiger charge is -2.40. The fraction of sp³-hybridized carbons (Fsp3) is 0.0167. The molecule has 0 bridgehead atoms. The summed E-state index contributed by atoms with van der Waals surface area (Å²) in [4.78, 5) is 32.0. The maximum atomic E-state index is 7.25. The SMILES string of the molecule is c1ccc(-c2nc(-c3ccc4c(c3)nc(-c3ccccc3)c3ccc5c(c34)Oc3ccccc3C53c4ccccc4-c4ccccc43)cc(-c3cccc4c3oc3ccccc34)n2)cc1.c1ccc(-c2nc(-c3ccc4c(c3)nc(-c3ccccc3)c3ccc5c(c34)Oc3ccccc3C53c4ccccc4-c4ccccc43)cc(-c3cccc4oc5ccccc5c34)n2)cc1. The van der Waals surface area contributed by atoms with Crippen LogP contribution in [0.1, 0.15) is 44.5 Å². The minimum atomic E-state index is -0.595. The second-order valence-corrected chi connectivity index (χ2v) is 33.9. The molecule has 604 valence electrons. The van der Waals surface area contributed by atoms with Gasteiger partial charge in [0.2, 0.25) is 0 Å². The van der Waals surface area contributed by atoms with Gasteiger partial charge in [0.15, 0.2) is 11.6 Å². The number of pyridine rings is 2. The zero-order chi connectivity index (χ0) is 85.3. The lowest BCUT2D eigenvalue weighted by Crippen LogP contribution is -2.32. The highest BCUT2D eigenvalue weighted by Gasteiger charge is 2.53. The number of hydrogen-bond donors (Lipinski definition) is 0. The van der Waals surface area contributed by atoms with Crippen LogP contribution < -0.4 is 9.47 Å². The molecule has 130 heavy (non-hydrogen) atoms. The second-order valence-electron chi connectivity index (χ2n) is 33.9. The van der Waals surface area contributed by atoms with Crippen LogP contribution >= 0.6 is 0 Å². The summed E-state index contributed by atoms with van der Waals surface area (Å²) in [6.45, 7) is 0. The van der Waals surface area contributed by atoms with E-state index in [1.54, 1.807) is 0 Å². The minimum Gasteiger partial charge on any atom is -0.456 e. The number of benzene rings is 18. The maximum Gasteiger partial charge on any atom is 0.160 e. The highest BCUT2D eigenvalue weighted by Crippen LogP contribution is 2.66. The number of hydrogen-bond acceptors (Lipinski definition) is 10. The molecule has 28 rings (SSSR count). The Balaban J connectivity index is 0.000000134. The molecule has 2 aliphatic carbocycles. The standard InChI is InChI=1S/2C60H35N3O2/c1-3-16-36(17-4-1)56-45-32-33-49-58(65-54-29-14-12-27-48(54)60(49)46-25-10-7-20-39(46)40-21-8-11-26-47(40)60)55(45)43-31-30-38(34-51(43)61-56)50-35-52(63-59(62-50)37-18-5-2-6-19-37)44-24-15-23-42-41-22-9-13-28-53(41)64-57(42)44;1-3-16-36(17-4-1)57-44-32-33-48-58(65-53-28-14-12-26-47(53)60(48)45-24-10-7-20-39(45)40-21-8-11-25-46(40)60)56(44)42-31-30-38(34-50(42)61-57)49-35-51(63-59(62-49)37-18-5-2-6-19-37)41-23-15-29-54-55(41)43-22-9-13-27-52(43)64-54/h2*1-35H. The molecule has 10 heteroatoms. The number of furan rings is 2. The van der Waals surface area contributed by atoms with Gasteiger partial charge in [0.1, 0.15) is 45.3 Å². The Kier molecular flexibility index (Phi) is 16.1. The monoisotopic (exact) mass is 1660 g/mol. The summed E-state index contributed by atoms with van der Waals surface area (Å²) in [5, 5.41) is 10.3. The summed E-state index contributed by atoms with van der Waals surface area (Å²) in [6.07, 6.45) is 0. The first-order valence-corrected chi connectivity index (χ1v) is 44.0. The van der Waals surface area contributed by atoms with Crippen LogP contribution in [0.3, 0.4) is 0 Å². The van der Waals surface area contributed by atoms with Gasteiger partial charge in [-0.3, -0.25) is 0 Å². The summed E-state index contributed by atoms with van der Waals surface area (Å²) in [6, 6.07) is 149. The summed E-state index contributed by atoms with van der Waals surface area (Å²) in [5.41, 5.74) is 30.9. The summed E-state index contributed by atoms with van der Waals surface area (Å²) in [5.74, 6) is 4.67. The molecule has 0 saturated carbocycles. The first-order chi connectivity index (χ1) is 64.4. The molecule has 0 N–H and O–H groups in total. The van der Waals surface area contributed by atoms with E-state index in [-0.39, 0.29) is 0 Å². The largest absolute Gasteiger partial charge is 0.456 e. The van der Waals surface area contributed by atoms with Crippen molar-refractivity contribution in [3.05, 3.63) is 469 Å². The summed E-state index contributed by atoms with van der Waals surface area (Å²) >= 11 is 0. The van der Waals surface area contributed by atoms with Crippen molar-refractivity contribution in [3.8, 4) is 136 Å². The molecule has 4 aliphatic rings. The Morgan fingerprint density at radius 1 is 0.192 bits per heavy atom. The van der Waals surface area contributed by atoms with Crippen molar-refractivity contribution in [1.82, 2.24) is 29.9 Å².